The van der Waals surface area contributed by atoms with Gasteiger partial charge in [-0.1, -0.05) is 19.8 Å². The van der Waals surface area contributed by atoms with Crippen LogP contribution in [0.25, 0.3) is 0 Å². The maximum atomic E-state index is 12.8. The molecule has 0 spiro atoms. The number of rotatable bonds is 4. The highest BCUT2D eigenvalue weighted by Crippen LogP contribution is 2.24. The molecule has 1 aromatic carbocycles. The molecule has 0 radical (unpaired) electrons. The van der Waals surface area contributed by atoms with E-state index in [1.165, 1.54) is 37.1 Å². The van der Waals surface area contributed by atoms with Gasteiger partial charge in [-0.15, -0.1) is 0 Å². The quantitative estimate of drug-likeness (QED) is 0.918. The Morgan fingerprint density at radius 2 is 1.95 bits per heavy atom. The van der Waals surface area contributed by atoms with E-state index in [1.807, 2.05) is 0 Å². The van der Waals surface area contributed by atoms with E-state index in [4.69, 9.17) is 4.74 Å². The molecule has 1 aliphatic carbocycles. The molecule has 3 atom stereocenters. The molecule has 3 unspecified atom stereocenters. The molecule has 0 saturated heterocycles. The second-order valence-electron chi connectivity index (χ2n) is 5.59. The summed E-state index contributed by atoms with van der Waals surface area (Å²) in [4.78, 5) is 12.1. The second kappa shape index (κ2) is 6.73. The minimum absolute atomic E-state index is 0.104. The first-order valence-corrected chi connectivity index (χ1v) is 7.29. The van der Waals surface area contributed by atoms with Crippen LogP contribution in [0.15, 0.2) is 24.3 Å². The van der Waals surface area contributed by atoms with Gasteiger partial charge in [0.15, 0.2) is 6.10 Å². The lowest BCUT2D eigenvalue weighted by atomic mass is 9.86. The Bertz CT molecular complexity index is 446. The number of carbonyl (C=O) groups is 1. The SMILES string of the molecule is CC(Oc1ccc(F)cc1)C(=O)NC1CCCCC1C. The van der Waals surface area contributed by atoms with Crippen LogP contribution in [0.4, 0.5) is 4.39 Å². The minimum atomic E-state index is -0.574. The molecule has 2 rings (SSSR count). The summed E-state index contributed by atoms with van der Waals surface area (Å²) in [6, 6.07) is 5.95. The van der Waals surface area contributed by atoms with Crippen LogP contribution in [0.2, 0.25) is 0 Å². The summed E-state index contributed by atoms with van der Waals surface area (Å²) in [5, 5.41) is 3.06. The fourth-order valence-corrected chi connectivity index (χ4v) is 2.60. The van der Waals surface area contributed by atoms with Gasteiger partial charge >= 0.3 is 0 Å². The number of carbonyl (C=O) groups excluding carboxylic acids is 1. The molecule has 1 N–H and O–H groups in total. The topological polar surface area (TPSA) is 38.3 Å². The molecule has 20 heavy (non-hydrogen) atoms. The summed E-state index contributed by atoms with van der Waals surface area (Å²) in [6.07, 6.45) is 4.04. The zero-order chi connectivity index (χ0) is 14.5. The predicted molar refractivity (Wildman–Crippen MR) is 76.1 cm³/mol. The van der Waals surface area contributed by atoms with E-state index < -0.39 is 6.10 Å². The molecular formula is C16H22FNO2. The average Bonchev–Trinajstić information content (AvgIpc) is 2.44. The van der Waals surface area contributed by atoms with Crippen LogP contribution in [-0.2, 0) is 4.79 Å². The lowest BCUT2D eigenvalue weighted by Gasteiger charge is -2.30. The first-order chi connectivity index (χ1) is 9.56. The van der Waals surface area contributed by atoms with Crippen LogP contribution in [0.1, 0.15) is 39.5 Å². The maximum absolute atomic E-state index is 12.8. The van der Waals surface area contributed by atoms with Gasteiger partial charge in [-0.2, -0.15) is 0 Å². The fraction of sp³-hybridized carbons (Fsp3) is 0.562. The number of nitrogens with one attached hydrogen (secondary N) is 1. The van der Waals surface area contributed by atoms with E-state index in [9.17, 15) is 9.18 Å². The van der Waals surface area contributed by atoms with E-state index in [2.05, 4.69) is 12.2 Å². The zero-order valence-electron chi connectivity index (χ0n) is 12.1. The van der Waals surface area contributed by atoms with Gasteiger partial charge in [-0.3, -0.25) is 4.79 Å². The third-order valence-electron chi connectivity index (χ3n) is 3.93. The lowest BCUT2D eigenvalue weighted by Crippen LogP contribution is -2.46. The van der Waals surface area contributed by atoms with Crippen molar-refractivity contribution in [2.45, 2.75) is 51.7 Å². The molecular weight excluding hydrogens is 257 g/mol. The summed E-state index contributed by atoms with van der Waals surface area (Å²) in [7, 11) is 0. The van der Waals surface area contributed by atoms with E-state index in [-0.39, 0.29) is 17.8 Å². The average molecular weight is 279 g/mol. The molecule has 110 valence electrons. The Kier molecular flexibility index (Phi) is 4.99. The Morgan fingerprint density at radius 3 is 2.60 bits per heavy atom. The van der Waals surface area contributed by atoms with Crippen molar-refractivity contribution >= 4 is 5.91 Å². The van der Waals surface area contributed by atoms with Gasteiger partial charge in [0.05, 0.1) is 0 Å². The summed E-state index contributed by atoms with van der Waals surface area (Å²) in [5.74, 6) is 0.607. The van der Waals surface area contributed by atoms with Crippen molar-refractivity contribution in [3.05, 3.63) is 30.1 Å². The zero-order valence-corrected chi connectivity index (χ0v) is 12.1. The van der Waals surface area contributed by atoms with Crippen molar-refractivity contribution in [1.82, 2.24) is 5.32 Å². The highest BCUT2D eigenvalue weighted by Gasteiger charge is 2.25. The maximum Gasteiger partial charge on any atom is 0.261 e. The predicted octanol–water partition coefficient (Wildman–Crippen LogP) is 3.29. The Balaban J connectivity index is 1.86. The number of ether oxygens (including phenoxy) is 1. The van der Waals surface area contributed by atoms with E-state index in [1.54, 1.807) is 6.92 Å². The smallest absolute Gasteiger partial charge is 0.261 e. The van der Waals surface area contributed by atoms with Crippen LogP contribution < -0.4 is 10.1 Å². The van der Waals surface area contributed by atoms with Crippen LogP contribution >= 0.6 is 0 Å². The number of hydrogen-bond acceptors (Lipinski definition) is 2. The van der Waals surface area contributed by atoms with E-state index in [0.29, 0.717) is 11.7 Å². The Morgan fingerprint density at radius 1 is 1.30 bits per heavy atom. The van der Waals surface area contributed by atoms with Crippen molar-refractivity contribution in [1.29, 1.82) is 0 Å². The molecule has 1 aromatic rings. The molecule has 0 bridgehead atoms. The van der Waals surface area contributed by atoms with Gasteiger partial charge in [0.25, 0.3) is 5.91 Å². The molecule has 0 aromatic heterocycles. The molecule has 1 fully saturated rings. The number of benzene rings is 1. The summed E-state index contributed by atoms with van der Waals surface area (Å²) in [5.41, 5.74) is 0. The molecule has 1 saturated carbocycles. The lowest BCUT2D eigenvalue weighted by molar-refractivity contribution is -0.128. The van der Waals surface area contributed by atoms with Crippen molar-refractivity contribution < 1.29 is 13.9 Å². The van der Waals surface area contributed by atoms with Gasteiger partial charge < -0.3 is 10.1 Å². The molecule has 0 aliphatic heterocycles. The number of hydrogen-bond donors (Lipinski definition) is 1. The van der Waals surface area contributed by atoms with Crippen molar-refractivity contribution in [2.24, 2.45) is 5.92 Å². The van der Waals surface area contributed by atoms with Crippen LogP contribution in [-0.4, -0.2) is 18.1 Å². The standard InChI is InChI=1S/C16H22FNO2/c1-11-5-3-4-6-15(11)18-16(19)12(2)20-14-9-7-13(17)8-10-14/h7-12,15H,3-6H2,1-2H3,(H,18,19). The molecule has 1 aliphatic rings. The minimum Gasteiger partial charge on any atom is -0.481 e. The molecule has 1 amide bonds. The van der Waals surface area contributed by atoms with Gasteiger partial charge in [0, 0.05) is 6.04 Å². The third-order valence-corrected chi connectivity index (χ3v) is 3.93. The largest absolute Gasteiger partial charge is 0.481 e. The monoisotopic (exact) mass is 279 g/mol. The first-order valence-electron chi connectivity index (χ1n) is 7.29. The van der Waals surface area contributed by atoms with E-state index >= 15 is 0 Å². The second-order valence-corrected chi connectivity index (χ2v) is 5.59. The summed E-state index contributed by atoms with van der Waals surface area (Å²) >= 11 is 0. The normalized spacial score (nSPS) is 23.9. The van der Waals surface area contributed by atoms with Gasteiger partial charge in [-0.25, -0.2) is 4.39 Å². The summed E-state index contributed by atoms with van der Waals surface area (Å²) in [6.45, 7) is 3.89. The number of halogens is 1. The Labute approximate surface area is 119 Å². The summed E-state index contributed by atoms with van der Waals surface area (Å²) < 4.78 is 18.3. The van der Waals surface area contributed by atoms with Gasteiger partial charge in [0.2, 0.25) is 0 Å². The molecule has 4 heteroatoms. The first kappa shape index (κ1) is 14.8. The van der Waals surface area contributed by atoms with Gasteiger partial charge in [0.1, 0.15) is 11.6 Å². The van der Waals surface area contributed by atoms with Crippen LogP contribution in [0, 0.1) is 11.7 Å². The highest BCUT2D eigenvalue weighted by molar-refractivity contribution is 5.81. The van der Waals surface area contributed by atoms with Crippen molar-refractivity contribution in [2.75, 3.05) is 0 Å². The van der Waals surface area contributed by atoms with E-state index in [0.717, 1.165) is 12.8 Å². The van der Waals surface area contributed by atoms with Crippen molar-refractivity contribution in [3.8, 4) is 5.75 Å². The molecule has 3 nitrogen and oxygen atoms in total. The van der Waals surface area contributed by atoms with Crippen molar-refractivity contribution in [3.63, 3.8) is 0 Å². The fourth-order valence-electron chi connectivity index (χ4n) is 2.60. The number of amides is 1. The van der Waals surface area contributed by atoms with Crippen LogP contribution in [0.3, 0.4) is 0 Å². The molecule has 0 heterocycles. The van der Waals surface area contributed by atoms with Gasteiger partial charge in [-0.05, 0) is 49.9 Å². The third kappa shape index (κ3) is 3.95. The Hall–Kier alpha value is -1.58. The highest BCUT2D eigenvalue weighted by atomic mass is 19.1. The van der Waals surface area contributed by atoms with Crippen LogP contribution in [0.5, 0.6) is 5.75 Å².